The van der Waals surface area contributed by atoms with Crippen molar-refractivity contribution in [2.45, 2.75) is 40.2 Å². The van der Waals surface area contributed by atoms with Crippen LogP contribution in [0.25, 0.3) is 0 Å². The standard InChI is InChI=1S/C14H23N2O5P/c1-4-20-22(19,21-5-2)10-8-6-7-9-16-11-12(3)13(17)15-14(16)18/h8,10-11H,4-7,9H2,1-3H3,(H,15,17,18). The molecule has 0 bridgehead atoms. The molecular weight excluding hydrogens is 307 g/mol. The molecule has 1 aromatic rings. The van der Waals surface area contributed by atoms with E-state index in [0.29, 0.717) is 38.2 Å². The molecule has 0 aliphatic carbocycles. The van der Waals surface area contributed by atoms with Crippen molar-refractivity contribution in [3.05, 3.63) is 44.5 Å². The van der Waals surface area contributed by atoms with E-state index in [1.807, 2.05) is 0 Å². The van der Waals surface area contributed by atoms with Gasteiger partial charge in [-0.1, -0.05) is 6.08 Å². The highest BCUT2D eigenvalue weighted by Gasteiger charge is 2.18. The van der Waals surface area contributed by atoms with Crippen LogP contribution in [-0.4, -0.2) is 22.8 Å². The number of rotatable bonds is 9. The van der Waals surface area contributed by atoms with E-state index in [1.165, 1.54) is 16.6 Å². The Bertz CT molecular complexity index is 652. The zero-order valence-electron chi connectivity index (χ0n) is 13.2. The molecule has 0 amide bonds. The third-order valence-corrected chi connectivity index (χ3v) is 4.68. The number of aryl methyl sites for hydroxylation is 2. The third kappa shape index (κ3) is 5.75. The molecule has 1 heterocycles. The second kappa shape index (κ2) is 8.88. The van der Waals surface area contributed by atoms with Crippen LogP contribution in [0.2, 0.25) is 0 Å². The molecular formula is C14H23N2O5P. The van der Waals surface area contributed by atoms with Crippen molar-refractivity contribution in [1.82, 2.24) is 9.55 Å². The van der Waals surface area contributed by atoms with Crippen molar-refractivity contribution in [3.63, 3.8) is 0 Å². The summed E-state index contributed by atoms with van der Waals surface area (Å²) in [7, 11) is -3.15. The van der Waals surface area contributed by atoms with Crippen LogP contribution in [0.5, 0.6) is 0 Å². The lowest BCUT2D eigenvalue weighted by Gasteiger charge is -2.12. The minimum absolute atomic E-state index is 0.313. The van der Waals surface area contributed by atoms with Crippen LogP contribution in [0, 0.1) is 6.92 Å². The Morgan fingerprint density at radius 2 is 1.91 bits per heavy atom. The molecule has 0 atom stereocenters. The van der Waals surface area contributed by atoms with Gasteiger partial charge in [0, 0.05) is 24.1 Å². The van der Waals surface area contributed by atoms with Gasteiger partial charge >= 0.3 is 13.3 Å². The molecule has 0 aliphatic rings. The van der Waals surface area contributed by atoms with Crippen LogP contribution in [0.3, 0.4) is 0 Å². The SMILES string of the molecule is CCOP(=O)(C=CCCCn1cc(C)c(=O)[nH]c1=O)OCC. The van der Waals surface area contributed by atoms with E-state index in [9.17, 15) is 14.2 Å². The number of aromatic amines is 1. The molecule has 8 heteroatoms. The monoisotopic (exact) mass is 330 g/mol. The van der Waals surface area contributed by atoms with Gasteiger partial charge in [-0.05, 0) is 33.6 Å². The number of nitrogens with one attached hydrogen (secondary N) is 1. The molecule has 0 aliphatic heterocycles. The lowest BCUT2D eigenvalue weighted by molar-refractivity contribution is 0.229. The summed E-state index contributed by atoms with van der Waals surface area (Å²) in [6, 6.07) is 0. The van der Waals surface area contributed by atoms with Gasteiger partial charge in [-0.25, -0.2) is 4.79 Å². The van der Waals surface area contributed by atoms with E-state index in [0.717, 1.165) is 0 Å². The maximum atomic E-state index is 12.2. The minimum Gasteiger partial charge on any atom is -0.306 e. The lowest BCUT2D eigenvalue weighted by Crippen LogP contribution is -2.30. The van der Waals surface area contributed by atoms with E-state index < -0.39 is 13.3 Å². The van der Waals surface area contributed by atoms with Gasteiger partial charge in [0.25, 0.3) is 5.56 Å². The molecule has 124 valence electrons. The zero-order valence-corrected chi connectivity index (χ0v) is 14.1. The predicted octanol–water partition coefficient (Wildman–Crippen LogP) is 2.41. The molecule has 0 aromatic carbocycles. The van der Waals surface area contributed by atoms with Gasteiger partial charge < -0.3 is 13.6 Å². The molecule has 0 spiro atoms. The topological polar surface area (TPSA) is 90.4 Å². The van der Waals surface area contributed by atoms with E-state index in [4.69, 9.17) is 9.05 Å². The molecule has 0 saturated carbocycles. The average molecular weight is 330 g/mol. The predicted molar refractivity (Wildman–Crippen MR) is 85.3 cm³/mol. The van der Waals surface area contributed by atoms with Gasteiger partial charge in [0.1, 0.15) is 0 Å². The van der Waals surface area contributed by atoms with Crippen LogP contribution in [-0.2, 0) is 20.2 Å². The Kier molecular flexibility index (Phi) is 7.51. The van der Waals surface area contributed by atoms with Crippen LogP contribution >= 0.6 is 7.60 Å². The summed E-state index contributed by atoms with van der Waals surface area (Å²) in [6.45, 7) is 6.25. The van der Waals surface area contributed by atoms with E-state index in [2.05, 4.69) is 4.98 Å². The van der Waals surface area contributed by atoms with Crippen LogP contribution in [0.15, 0.2) is 27.7 Å². The smallest absolute Gasteiger partial charge is 0.306 e. The molecule has 1 aromatic heterocycles. The number of aromatic nitrogens is 2. The average Bonchev–Trinajstić information content (AvgIpc) is 2.44. The fraction of sp³-hybridized carbons (Fsp3) is 0.571. The molecule has 22 heavy (non-hydrogen) atoms. The van der Waals surface area contributed by atoms with Gasteiger partial charge in [-0.15, -0.1) is 0 Å². The van der Waals surface area contributed by atoms with E-state index in [1.54, 1.807) is 26.8 Å². The van der Waals surface area contributed by atoms with E-state index >= 15 is 0 Å². The summed E-state index contributed by atoms with van der Waals surface area (Å²) in [5, 5.41) is 0. The van der Waals surface area contributed by atoms with Gasteiger partial charge in [-0.2, -0.15) is 0 Å². The molecule has 0 unspecified atom stereocenters. The molecule has 1 rings (SSSR count). The summed E-state index contributed by atoms with van der Waals surface area (Å²) in [5.41, 5.74) is -0.295. The number of nitrogens with zero attached hydrogens (tertiary/aromatic N) is 1. The van der Waals surface area contributed by atoms with Crippen LogP contribution < -0.4 is 11.2 Å². The number of hydrogen-bond donors (Lipinski definition) is 1. The van der Waals surface area contributed by atoms with Gasteiger partial charge in [0.05, 0.1) is 13.2 Å². The second-order valence-corrected chi connectivity index (χ2v) is 6.56. The zero-order chi connectivity index (χ0) is 16.6. The Balaban J connectivity index is 2.56. The fourth-order valence-corrected chi connectivity index (χ4v) is 3.22. The van der Waals surface area contributed by atoms with Gasteiger partial charge in [0.2, 0.25) is 0 Å². The summed E-state index contributed by atoms with van der Waals surface area (Å²) in [5.74, 6) is 1.46. The van der Waals surface area contributed by atoms with Crippen molar-refractivity contribution in [2.75, 3.05) is 13.2 Å². The van der Waals surface area contributed by atoms with Gasteiger partial charge in [-0.3, -0.25) is 14.3 Å². The molecule has 0 saturated heterocycles. The Morgan fingerprint density at radius 1 is 1.27 bits per heavy atom. The first-order valence-corrected chi connectivity index (χ1v) is 8.90. The largest absolute Gasteiger partial charge is 0.353 e. The Labute approximate surface area is 129 Å². The number of unbranched alkanes of at least 4 members (excludes halogenated alkanes) is 1. The fourth-order valence-electron chi connectivity index (χ4n) is 1.85. The highest BCUT2D eigenvalue weighted by molar-refractivity contribution is 7.57. The number of H-pyrrole nitrogens is 1. The first-order valence-electron chi connectivity index (χ1n) is 7.28. The van der Waals surface area contributed by atoms with Crippen molar-refractivity contribution in [1.29, 1.82) is 0 Å². The molecule has 7 nitrogen and oxygen atoms in total. The summed E-state index contributed by atoms with van der Waals surface area (Å²) in [4.78, 5) is 25.1. The van der Waals surface area contributed by atoms with Gasteiger partial charge in [0.15, 0.2) is 0 Å². The van der Waals surface area contributed by atoms with Crippen LogP contribution in [0.1, 0.15) is 32.3 Å². The quantitative estimate of drug-likeness (QED) is 0.554. The maximum absolute atomic E-state index is 12.2. The summed E-state index contributed by atoms with van der Waals surface area (Å²) < 4.78 is 23.9. The normalized spacial score (nSPS) is 12.1. The van der Waals surface area contributed by atoms with Crippen molar-refractivity contribution < 1.29 is 13.6 Å². The maximum Gasteiger partial charge on any atom is 0.353 e. The molecule has 0 fully saturated rings. The van der Waals surface area contributed by atoms with E-state index in [-0.39, 0.29) is 5.56 Å². The number of allylic oxidation sites excluding steroid dienone is 1. The highest BCUT2D eigenvalue weighted by atomic mass is 31.2. The minimum atomic E-state index is -3.15. The third-order valence-electron chi connectivity index (χ3n) is 2.86. The highest BCUT2D eigenvalue weighted by Crippen LogP contribution is 2.49. The molecule has 1 N–H and O–H groups in total. The Hall–Kier alpha value is -1.43. The van der Waals surface area contributed by atoms with Crippen molar-refractivity contribution in [2.24, 2.45) is 0 Å². The molecule has 0 radical (unpaired) electrons. The number of hydrogen-bond acceptors (Lipinski definition) is 5. The summed E-state index contributed by atoms with van der Waals surface area (Å²) in [6.07, 6.45) is 4.56. The summed E-state index contributed by atoms with van der Waals surface area (Å²) >= 11 is 0. The van der Waals surface area contributed by atoms with Crippen molar-refractivity contribution in [3.8, 4) is 0 Å². The van der Waals surface area contributed by atoms with Crippen molar-refractivity contribution >= 4 is 7.60 Å². The lowest BCUT2D eigenvalue weighted by atomic mass is 10.3. The Morgan fingerprint density at radius 3 is 2.50 bits per heavy atom. The second-order valence-electron chi connectivity index (χ2n) is 4.67. The van der Waals surface area contributed by atoms with Crippen LogP contribution in [0.4, 0.5) is 0 Å². The first-order chi connectivity index (χ1) is 10.4. The first kappa shape index (κ1) is 18.6.